The average molecular weight is 299 g/mol. The zero-order valence-corrected chi connectivity index (χ0v) is 11.5. The number of nitrogen functional groups attached to an aromatic ring is 1. The van der Waals surface area contributed by atoms with E-state index in [1.54, 1.807) is 4.57 Å². The fraction of sp³-hybridized carbons (Fsp3) is 0.500. The van der Waals surface area contributed by atoms with Crippen LogP contribution < -0.4 is 11.3 Å². The van der Waals surface area contributed by atoms with E-state index in [2.05, 4.69) is 24.4 Å². The highest BCUT2D eigenvalue weighted by Crippen LogP contribution is 2.30. The molecule has 4 N–H and O–H groups in total. The van der Waals surface area contributed by atoms with Crippen molar-refractivity contribution in [3.05, 3.63) is 16.7 Å². The van der Waals surface area contributed by atoms with Crippen molar-refractivity contribution in [1.82, 2.24) is 19.5 Å². The van der Waals surface area contributed by atoms with Crippen LogP contribution in [0.15, 0.2) is 11.1 Å². The highest BCUT2D eigenvalue weighted by atomic mass is 31.0. The lowest BCUT2D eigenvalue weighted by Gasteiger charge is -2.14. The monoisotopic (exact) mass is 299 g/mol. The van der Waals surface area contributed by atoms with Crippen molar-refractivity contribution in [1.29, 1.82) is 0 Å². The SMILES string of the molecule is Nc1nc2c(ncn2C2CC(O)C(COP)O2)c(=O)[nH]1. The Kier molecular flexibility index (Phi) is 3.43. The summed E-state index contributed by atoms with van der Waals surface area (Å²) in [5, 5.41) is 9.91. The van der Waals surface area contributed by atoms with Gasteiger partial charge in [-0.1, -0.05) is 0 Å². The van der Waals surface area contributed by atoms with Crippen LogP contribution in [-0.2, 0) is 9.26 Å². The molecule has 3 rings (SSSR count). The minimum absolute atomic E-state index is 0.00707. The molecule has 0 saturated carbocycles. The van der Waals surface area contributed by atoms with Crippen LogP contribution in [0.3, 0.4) is 0 Å². The molecular formula is C10H14N5O4P. The zero-order valence-electron chi connectivity index (χ0n) is 10.4. The number of nitrogens with zero attached hydrogens (tertiary/aromatic N) is 3. The number of H-pyrrole nitrogens is 1. The van der Waals surface area contributed by atoms with Gasteiger partial charge in [0.2, 0.25) is 5.95 Å². The Morgan fingerprint density at radius 3 is 3.25 bits per heavy atom. The van der Waals surface area contributed by atoms with Crippen LogP contribution in [-0.4, -0.2) is 43.4 Å². The van der Waals surface area contributed by atoms with Gasteiger partial charge in [-0.2, -0.15) is 4.98 Å². The number of aromatic amines is 1. The molecule has 0 bridgehead atoms. The number of anilines is 1. The van der Waals surface area contributed by atoms with E-state index in [0.29, 0.717) is 12.1 Å². The molecular weight excluding hydrogens is 285 g/mol. The Morgan fingerprint density at radius 2 is 2.50 bits per heavy atom. The van der Waals surface area contributed by atoms with E-state index in [1.807, 2.05) is 0 Å². The van der Waals surface area contributed by atoms with E-state index in [4.69, 9.17) is 15.0 Å². The summed E-state index contributed by atoms with van der Waals surface area (Å²) in [6.45, 7) is 0.255. The number of nitrogens with two attached hydrogens (primary N) is 1. The Balaban J connectivity index is 1.98. The lowest BCUT2D eigenvalue weighted by atomic mass is 10.2. The fourth-order valence-electron chi connectivity index (χ4n) is 2.28. The molecule has 20 heavy (non-hydrogen) atoms. The Labute approximate surface area is 115 Å². The lowest BCUT2D eigenvalue weighted by molar-refractivity contribution is -0.0353. The van der Waals surface area contributed by atoms with Gasteiger partial charge in [0.25, 0.3) is 5.56 Å². The molecule has 1 saturated heterocycles. The van der Waals surface area contributed by atoms with Crippen LogP contribution in [0.4, 0.5) is 5.95 Å². The summed E-state index contributed by atoms with van der Waals surface area (Å²) < 4.78 is 12.2. The number of aliphatic hydroxyl groups is 1. The summed E-state index contributed by atoms with van der Waals surface area (Å²) in [7, 11) is 2.11. The molecule has 1 aliphatic rings. The maximum atomic E-state index is 11.7. The number of nitrogens with one attached hydrogen (secondary N) is 1. The highest BCUT2D eigenvalue weighted by Gasteiger charge is 2.35. The Morgan fingerprint density at radius 1 is 1.70 bits per heavy atom. The number of ether oxygens (including phenoxy) is 1. The van der Waals surface area contributed by atoms with Gasteiger partial charge in [0.1, 0.15) is 12.3 Å². The van der Waals surface area contributed by atoms with E-state index in [1.165, 1.54) is 6.33 Å². The predicted molar refractivity (Wildman–Crippen MR) is 72.8 cm³/mol. The minimum Gasteiger partial charge on any atom is -0.390 e. The van der Waals surface area contributed by atoms with Gasteiger partial charge in [-0.05, 0) is 0 Å². The van der Waals surface area contributed by atoms with Crippen molar-refractivity contribution in [2.45, 2.75) is 24.9 Å². The van der Waals surface area contributed by atoms with Crippen molar-refractivity contribution in [3.8, 4) is 0 Å². The van der Waals surface area contributed by atoms with E-state index in [0.717, 1.165) is 0 Å². The van der Waals surface area contributed by atoms with Crippen LogP contribution in [0, 0.1) is 0 Å². The van der Waals surface area contributed by atoms with Gasteiger partial charge in [0.05, 0.1) is 19.0 Å². The second kappa shape index (κ2) is 5.10. The average Bonchev–Trinajstić information content (AvgIpc) is 2.94. The number of hydrogen-bond donors (Lipinski definition) is 3. The molecule has 1 aliphatic heterocycles. The first-order valence-electron chi connectivity index (χ1n) is 5.97. The molecule has 3 heterocycles. The Bertz CT molecular complexity index is 686. The summed E-state index contributed by atoms with van der Waals surface area (Å²) in [6, 6.07) is 0. The molecule has 2 aromatic rings. The third-order valence-corrected chi connectivity index (χ3v) is 3.42. The number of fused-ring (bicyclic) bond motifs is 1. The number of aliphatic hydroxyl groups excluding tert-OH is 1. The van der Waals surface area contributed by atoms with Crippen molar-refractivity contribution < 1.29 is 14.4 Å². The summed E-state index contributed by atoms with van der Waals surface area (Å²) in [6.07, 6.45) is 0.257. The molecule has 0 amide bonds. The zero-order chi connectivity index (χ0) is 14.3. The molecule has 4 unspecified atom stereocenters. The smallest absolute Gasteiger partial charge is 0.280 e. The van der Waals surface area contributed by atoms with Crippen molar-refractivity contribution in [3.63, 3.8) is 0 Å². The van der Waals surface area contributed by atoms with Crippen molar-refractivity contribution in [2.24, 2.45) is 0 Å². The van der Waals surface area contributed by atoms with E-state index >= 15 is 0 Å². The first kappa shape index (κ1) is 13.4. The van der Waals surface area contributed by atoms with Crippen molar-refractivity contribution in [2.75, 3.05) is 12.3 Å². The summed E-state index contributed by atoms with van der Waals surface area (Å²) in [5.74, 6) is 0.00707. The van der Waals surface area contributed by atoms with Gasteiger partial charge in [0.15, 0.2) is 11.2 Å². The van der Waals surface area contributed by atoms with Gasteiger partial charge in [-0.15, -0.1) is 0 Å². The summed E-state index contributed by atoms with van der Waals surface area (Å²) in [4.78, 5) is 22.1. The molecule has 0 aliphatic carbocycles. The normalized spacial score (nSPS) is 26.4. The maximum Gasteiger partial charge on any atom is 0.280 e. The molecule has 0 radical (unpaired) electrons. The van der Waals surface area contributed by atoms with E-state index in [9.17, 15) is 9.90 Å². The minimum atomic E-state index is -0.655. The largest absolute Gasteiger partial charge is 0.390 e. The predicted octanol–water partition coefficient (Wildman–Crippen LogP) is -0.843. The van der Waals surface area contributed by atoms with Gasteiger partial charge in [0, 0.05) is 15.9 Å². The van der Waals surface area contributed by atoms with Gasteiger partial charge >= 0.3 is 0 Å². The molecule has 10 heteroatoms. The maximum absolute atomic E-state index is 11.7. The molecule has 108 valence electrons. The molecule has 9 nitrogen and oxygen atoms in total. The second-order valence-corrected chi connectivity index (χ2v) is 4.87. The number of hydrogen-bond acceptors (Lipinski definition) is 7. The van der Waals surface area contributed by atoms with Crippen molar-refractivity contribution >= 4 is 26.6 Å². The summed E-state index contributed by atoms with van der Waals surface area (Å²) >= 11 is 0. The standard InChI is InChI=1S/C10H14N5O4P/c11-10-13-8-7(9(17)14-10)12-3-15(8)6-1-4(16)5(19-6)2-18-20/h3-6,16H,1-2,20H2,(H3,11,13,14,17). The summed E-state index contributed by atoms with van der Waals surface area (Å²) in [5.41, 5.74) is 5.64. The van der Waals surface area contributed by atoms with E-state index < -0.39 is 24.0 Å². The Hall–Kier alpha value is -1.54. The second-order valence-electron chi connectivity index (χ2n) is 4.54. The number of aromatic nitrogens is 4. The molecule has 2 aromatic heterocycles. The number of rotatable bonds is 3. The van der Waals surface area contributed by atoms with Gasteiger partial charge in [-0.3, -0.25) is 14.3 Å². The first-order valence-corrected chi connectivity index (χ1v) is 6.45. The molecule has 1 fully saturated rings. The van der Waals surface area contributed by atoms with Crippen LogP contribution >= 0.6 is 9.47 Å². The van der Waals surface area contributed by atoms with Crippen LogP contribution in [0.5, 0.6) is 0 Å². The van der Waals surface area contributed by atoms with Crippen LogP contribution in [0.25, 0.3) is 11.2 Å². The van der Waals surface area contributed by atoms with Crippen LogP contribution in [0.1, 0.15) is 12.6 Å². The molecule has 4 atom stereocenters. The lowest BCUT2D eigenvalue weighted by Crippen LogP contribution is -2.24. The third kappa shape index (κ3) is 2.18. The van der Waals surface area contributed by atoms with E-state index in [-0.39, 0.29) is 18.1 Å². The topological polar surface area (TPSA) is 128 Å². The third-order valence-electron chi connectivity index (χ3n) is 3.23. The quantitative estimate of drug-likeness (QED) is 0.630. The first-order chi connectivity index (χ1) is 9.60. The van der Waals surface area contributed by atoms with Crippen LogP contribution in [0.2, 0.25) is 0 Å². The number of imidazole rings is 1. The molecule has 0 aromatic carbocycles. The molecule has 0 spiro atoms. The van der Waals surface area contributed by atoms with Gasteiger partial charge < -0.3 is 20.1 Å². The van der Waals surface area contributed by atoms with Gasteiger partial charge in [-0.25, -0.2) is 4.98 Å². The fourth-order valence-corrected chi connectivity index (χ4v) is 2.47. The highest BCUT2D eigenvalue weighted by molar-refractivity contribution is 7.09.